The van der Waals surface area contributed by atoms with E-state index in [1.807, 2.05) is 65.7 Å². The van der Waals surface area contributed by atoms with E-state index in [4.69, 9.17) is 11.6 Å². The smallest absolute Gasteiger partial charge is 0.254 e. The number of hydrogen-bond acceptors (Lipinski definition) is 2. The maximum atomic E-state index is 13.6. The van der Waals surface area contributed by atoms with Crippen molar-refractivity contribution < 1.29 is 9.59 Å². The minimum Gasteiger partial charge on any atom is -0.345 e. The predicted octanol–water partition coefficient (Wildman–Crippen LogP) is 5.97. The van der Waals surface area contributed by atoms with Crippen molar-refractivity contribution in [3.05, 3.63) is 94.8 Å². The fraction of sp³-hybridized carbons (Fsp3) is 0.379. The standard InChI is InChI=1S/C29H36ClN3O2/c1-22(2)17-32(20-26-14-10-16-31(26)19-25-13-8-9-15-27(25)30)28(34)21-33(18-23(3)4)29(35)24-11-6-5-7-12-24/h5-16,22-23H,17-21H2,1-4H3. The molecule has 2 aromatic carbocycles. The second kappa shape index (κ2) is 12.6. The molecule has 0 aliphatic rings. The van der Waals surface area contributed by atoms with E-state index in [2.05, 4.69) is 32.3 Å². The molecule has 0 saturated heterocycles. The largest absolute Gasteiger partial charge is 0.345 e. The van der Waals surface area contributed by atoms with Crippen LogP contribution >= 0.6 is 11.6 Å². The molecule has 3 aromatic rings. The highest BCUT2D eigenvalue weighted by molar-refractivity contribution is 6.31. The number of aromatic nitrogens is 1. The highest BCUT2D eigenvalue weighted by Crippen LogP contribution is 2.19. The second-order valence-electron chi connectivity index (χ2n) is 9.83. The first-order valence-corrected chi connectivity index (χ1v) is 12.6. The molecule has 3 rings (SSSR count). The summed E-state index contributed by atoms with van der Waals surface area (Å²) < 4.78 is 2.13. The third kappa shape index (κ3) is 7.72. The fourth-order valence-corrected chi connectivity index (χ4v) is 4.33. The molecule has 0 atom stereocenters. The van der Waals surface area contributed by atoms with Crippen molar-refractivity contribution in [2.75, 3.05) is 19.6 Å². The van der Waals surface area contributed by atoms with Crippen LogP contribution in [0.4, 0.5) is 0 Å². The number of amides is 2. The Bertz CT molecular complexity index is 1110. The number of nitrogens with zero attached hydrogens (tertiary/aromatic N) is 3. The van der Waals surface area contributed by atoms with E-state index in [0.717, 1.165) is 16.3 Å². The molecule has 0 spiro atoms. The molecule has 0 aliphatic heterocycles. The SMILES string of the molecule is CC(C)CN(Cc1cccn1Cc1ccccc1Cl)C(=O)CN(CC(C)C)C(=O)c1ccccc1. The van der Waals surface area contributed by atoms with Gasteiger partial charge in [0, 0.05) is 42.1 Å². The lowest BCUT2D eigenvalue weighted by molar-refractivity contribution is -0.133. The Hall–Kier alpha value is -3.05. The van der Waals surface area contributed by atoms with Crippen molar-refractivity contribution in [1.29, 1.82) is 0 Å². The number of carbonyl (C=O) groups is 2. The number of carbonyl (C=O) groups excluding carboxylic acids is 2. The second-order valence-corrected chi connectivity index (χ2v) is 10.2. The van der Waals surface area contributed by atoms with E-state index in [0.29, 0.717) is 37.7 Å². The molecular formula is C29H36ClN3O2. The van der Waals surface area contributed by atoms with Crippen LogP contribution in [-0.4, -0.2) is 45.8 Å². The maximum absolute atomic E-state index is 13.6. The number of hydrogen-bond donors (Lipinski definition) is 0. The van der Waals surface area contributed by atoms with Crippen molar-refractivity contribution in [2.45, 2.75) is 40.8 Å². The lowest BCUT2D eigenvalue weighted by Crippen LogP contribution is -2.45. The monoisotopic (exact) mass is 493 g/mol. The molecule has 0 bridgehead atoms. The first-order chi connectivity index (χ1) is 16.7. The van der Waals surface area contributed by atoms with Gasteiger partial charge in [0.2, 0.25) is 5.91 Å². The third-order valence-corrected chi connectivity index (χ3v) is 6.10. The molecule has 0 radical (unpaired) electrons. The molecule has 0 aliphatic carbocycles. The van der Waals surface area contributed by atoms with Crippen molar-refractivity contribution in [3.63, 3.8) is 0 Å². The lowest BCUT2D eigenvalue weighted by Gasteiger charge is -2.30. The molecular weight excluding hydrogens is 458 g/mol. The first-order valence-electron chi connectivity index (χ1n) is 12.2. The molecule has 1 aromatic heterocycles. The molecule has 2 amide bonds. The number of rotatable bonds is 11. The average Bonchev–Trinajstić information content (AvgIpc) is 3.25. The first kappa shape index (κ1) is 26.6. The van der Waals surface area contributed by atoms with E-state index in [1.54, 1.807) is 17.0 Å². The van der Waals surface area contributed by atoms with Gasteiger partial charge in [0.1, 0.15) is 6.54 Å². The highest BCUT2D eigenvalue weighted by Gasteiger charge is 2.24. The van der Waals surface area contributed by atoms with Crippen LogP contribution < -0.4 is 0 Å². The maximum Gasteiger partial charge on any atom is 0.254 e. The number of benzene rings is 2. The minimum absolute atomic E-state index is 0.0471. The summed E-state index contributed by atoms with van der Waals surface area (Å²) in [5, 5.41) is 0.728. The summed E-state index contributed by atoms with van der Waals surface area (Å²) in [6, 6.07) is 21.0. The topological polar surface area (TPSA) is 45.6 Å². The van der Waals surface area contributed by atoms with Crippen LogP contribution in [0.1, 0.15) is 49.3 Å². The van der Waals surface area contributed by atoms with Crippen LogP contribution in [-0.2, 0) is 17.9 Å². The normalized spacial score (nSPS) is 11.2. The van der Waals surface area contributed by atoms with Crippen LogP contribution in [0.15, 0.2) is 72.9 Å². The van der Waals surface area contributed by atoms with Crippen LogP contribution in [0, 0.1) is 11.8 Å². The summed E-state index contributed by atoms with van der Waals surface area (Å²) in [7, 11) is 0. The summed E-state index contributed by atoms with van der Waals surface area (Å²) in [5.41, 5.74) is 2.67. The Morgan fingerprint density at radius 1 is 0.829 bits per heavy atom. The Labute approximate surface area is 214 Å². The van der Waals surface area contributed by atoms with Crippen molar-refractivity contribution in [1.82, 2.24) is 14.4 Å². The van der Waals surface area contributed by atoms with E-state index in [-0.39, 0.29) is 24.3 Å². The summed E-state index contributed by atoms with van der Waals surface area (Å²) in [4.78, 5) is 30.3. The zero-order valence-electron chi connectivity index (χ0n) is 21.2. The van der Waals surface area contributed by atoms with Gasteiger partial charge in [0.25, 0.3) is 5.91 Å². The van der Waals surface area contributed by atoms with E-state index < -0.39 is 0 Å². The summed E-state index contributed by atoms with van der Waals surface area (Å²) >= 11 is 6.38. The van der Waals surface area contributed by atoms with Crippen molar-refractivity contribution >= 4 is 23.4 Å². The van der Waals surface area contributed by atoms with Crippen LogP contribution in [0.2, 0.25) is 5.02 Å². The van der Waals surface area contributed by atoms with Gasteiger partial charge in [-0.15, -0.1) is 0 Å². The number of halogens is 1. The van der Waals surface area contributed by atoms with Gasteiger partial charge >= 0.3 is 0 Å². The molecule has 35 heavy (non-hydrogen) atoms. The Morgan fingerprint density at radius 3 is 2.11 bits per heavy atom. The van der Waals surface area contributed by atoms with Crippen LogP contribution in [0.25, 0.3) is 0 Å². The van der Waals surface area contributed by atoms with Crippen molar-refractivity contribution in [3.8, 4) is 0 Å². The van der Waals surface area contributed by atoms with E-state index in [9.17, 15) is 9.59 Å². The zero-order chi connectivity index (χ0) is 25.4. The van der Waals surface area contributed by atoms with Gasteiger partial charge in [0.05, 0.1) is 6.54 Å². The van der Waals surface area contributed by atoms with Gasteiger partial charge < -0.3 is 14.4 Å². The molecule has 0 fully saturated rings. The lowest BCUT2D eigenvalue weighted by atomic mass is 10.1. The minimum atomic E-state index is -0.112. The van der Waals surface area contributed by atoms with Gasteiger partial charge in [0.15, 0.2) is 0 Å². The Kier molecular flexibility index (Phi) is 9.55. The molecule has 1 heterocycles. The molecule has 0 N–H and O–H groups in total. The Morgan fingerprint density at radius 2 is 1.46 bits per heavy atom. The quantitative estimate of drug-likeness (QED) is 0.330. The highest BCUT2D eigenvalue weighted by atomic mass is 35.5. The summed E-state index contributed by atoms with van der Waals surface area (Å²) in [6.45, 7) is 10.6. The Balaban J connectivity index is 1.78. The average molecular weight is 494 g/mol. The van der Waals surface area contributed by atoms with Gasteiger partial charge in [-0.1, -0.05) is 75.7 Å². The third-order valence-electron chi connectivity index (χ3n) is 5.73. The molecule has 0 saturated carbocycles. The molecule has 5 nitrogen and oxygen atoms in total. The van der Waals surface area contributed by atoms with Crippen LogP contribution in [0.3, 0.4) is 0 Å². The summed E-state index contributed by atoms with van der Waals surface area (Å²) in [6.07, 6.45) is 2.01. The van der Waals surface area contributed by atoms with Gasteiger partial charge in [-0.3, -0.25) is 9.59 Å². The van der Waals surface area contributed by atoms with E-state index in [1.165, 1.54) is 0 Å². The molecule has 0 unspecified atom stereocenters. The predicted molar refractivity (Wildman–Crippen MR) is 142 cm³/mol. The molecule has 186 valence electrons. The summed E-state index contributed by atoms with van der Waals surface area (Å²) in [5.74, 6) is 0.393. The molecule has 6 heteroatoms. The van der Waals surface area contributed by atoms with Gasteiger partial charge in [-0.05, 0) is 47.7 Å². The van der Waals surface area contributed by atoms with Crippen LogP contribution in [0.5, 0.6) is 0 Å². The van der Waals surface area contributed by atoms with E-state index >= 15 is 0 Å². The fourth-order valence-electron chi connectivity index (χ4n) is 4.13. The van der Waals surface area contributed by atoms with Crippen molar-refractivity contribution in [2.24, 2.45) is 11.8 Å². The zero-order valence-corrected chi connectivity index (χ0v) is 21.9. The van der Waals surface area contributed by atoms with Gasteiger partial charge in [-0.2, -0.15) is 0 Å². The van der Waals surface area contributed by atoms with Gasteiger partial charge in [-0.25, -0.2) is 0 Å².